The Morgan fingerprint density at radius 2 is 1.90 bits per heavy atom. The molecule has 2 atom stereocenters. The van der Waals surface area contributed by atoms with Gasteiger partial charge < -0.3 is 19.7 Å². The molecule has 31 heavy (non-hydrogen) atoms. The second-order valence-corrected chi connectivity index (χ2v) is 9.22. The molecule has 1 aliphatic carbocycles. The Labute approximate surface area is 186 Å². The molecule has 0 bridgehead atoms. The molecule has 0 radical (unpaired) electrons. The van der Waals surface area contributed by atoms with E-state index in [4.69, 9.17) is 9.47 Å². The summed E-state index contributed by atoms with van der Waals surface area (Å²) in [5.74, 6) is 0.279. The van der Waals surface area contributed by atoms with Gasteiger partial charge in [0.05, 0.1) is 11.7 Å². The molecular weight excluding hydrogens is 392 g/mol. The van der Waals surface area contributed by atoms with E-state index in [0.717, 1.165) is 54.4 Å². The number of carbonyl (C=O) groups excluding carboxylic acids is 2. The molecule has 1 spiro atoms. The highest BCUT2D eigenvalue weighted by atomic mass is 16.6. The van der Waals surface area contributed by atoms with E-state index >= 15 is 0 Å². The van der Waals surface area contributed by atoms with Gasteiger partial charge in [0.1, 0.15) is 11.3 Å². The fourth-order valence-electron chi connectivity index (χ4n) is 4.89. The highest BCUT2D eigenvalue weighted by Gasteiger charge is 2.51. The van der Waals surface area contributed by atoms with E-state index in [1.165, 1.54) is 4.90 Å². The molecule has 1 aliphatic heterocycles. The number of nitrogens with zero attached hydrogens (tertiary/aromatic N) is 1. The van der Waals surface area contributed by atoms with E-state index in [2.05, 4.69) is 24.4 Å². The molecule has 1 heterocycles. The van der Waals surface area contributed by atoms with Crippen LogP contribution < -0.4 is 5.32 Å². The van der Waals surface area contributed by atoms with Crippen molar-refractivity contribution in [2.75, 3.05) is 20.7 Å². The molecular formula is C25H36N2O4. The Morgan fingerprint density at radius 3 is 2.52 bits per heavy atom. The van der Waals surface area contributed by atoms with Gasteiger partial charge in [-0.3, -0.25) is 4.79 Å². The molecule has 3 rings (SSSR count). The van der Waals surface area contributed by atoms with Gasteiger partial charge in [-0.1, -0.05) is 31.0 Å². The summed E-state index contributed by atoms with van der Waals surface area (Å²) in [4.78, 5) is 27.4. The van der Waals surface area contributed by atoms with Crippen molar-refractivity contribution in [3.8, 4) is 0 Å². The number of carbonyl (C=O) groups is 2. The minimum atomic E-state index is -0.711. The minimum Gasteiger partial charge on any atom is -0.411 e. The smallest absolute Gasteiger partial charge is 0.411 e. The van der Waals surface area contributed by atoms with Crippen molar-refractivity contribution in [2.45, 2.75) is 77.9 Å². The Morgan fingerprint density at radius 1 is 1.23 bits per heavy atom. The predicted octanol–water partition coefficient (Wildman–Crippen LogP) is 4.65. The summed E-state index contributed by atoms with van der Waals surface area (Å²) in [6.07, 6.45) is 4.86. The molecule has 2 unspecified atom stereocenters. The first-order valence-electron chi connectivity index (χ1n) is 11.3. The zero-order valence-corrected chi connectivity index (χ0v) is 19.8. The van der Waals surface area contributed by atoms with Crippen molar-refractivity contribution >= 4 is 17.6 Å². The third-order valence-electron chi connectivity index (χ3n) is 6.28. The molecule has 2 aliphatic rings. The van der Waals surface area contributed by atoms with Gasteiger partial charge in [0.25, 0.3) is 5.91 Å². The summed E-state index contributed by atoms with van der Waals surface area (Å²) in [5.41, 5.74) is 3.78. The lowest BCUT2D eigenvalue weighted by Crippen LogP contribution is -2.50. The number of benzene rings is 1. The number of aryl methyl sites for hydroxylation is 3. The van der Waals surface area contributed by atoms with Gasteiger partial charge in [-0.2, -0.15) is 0 Å². The highest BCUT2D eigenvalue weighted by molar-refractivity contribution is 6.24. The number of amides is 2. The fraction of sp³-hybridized carbons (Fsp3) is 0.600. The quantitative estimate of drug-likeness (QED) is 0.670. The van der Waals surface area contributed by atoms with E-state index in [0.29, 0.717) is 24.4 Å². The zero-order valence-electron chi connectivity index (χ0n) is 19.8. The standard InChI is InChI=1S/C25H36N2O4/c1-7-8-12-30-19-10-9-11-25(15-19)22(31-24(29)27(5)6)21(23(28)26-25)20-17(3)13-16(2)14-18(20)4/h13-14,19H,7-12,15H2,1-6H3,(H,26,28). The molecule has 2 amide bonds. The van der Waals surface area contributed by atoms with Gasteiger partial charge >= 0.3 is 6.09 Å². The van der Waals surface area contributed by atoms with Crippen LogP contribution in [-0.2, 0) is 14.3 Å². The van der Waals surface area contributed by atoms with E-state index in [1.54, 1.807) is 14.1 Å². The van der Waals surface area contributed by atoms with Crippen LogP contribution in [0.5, 0.6) is 0 Å². The Hall–Kier alpha value is -2.34. The van der Waals surface area contributed by atoms with Gasteiger partial charge in [0, 0.05) is 27.1 Å². The first-order valence-corrected chi connectivity index (χ1v) is 11.3. The lowest BCUT2D eigenvalue weighted by molar-refractivity contribution is -0.117. The van der Waals surface area contributed by atoms with Crippen LogP contribution in [0.4, 0.5) is 4.79 Å². The summed E-state index contributed by atoms with van der Waals surface area (Å²) < 4.78 is 12.1. The molecule has 0 saturated heterocycles. The van der Waals surface area contributed by atoms with Crippen molar-refractivity contribution in [2.24, 2.45) is 0 Å². The van der Waals surface area contributed by atoms with E-state index in [1.807, 2.05) is 20.8 Å². The molecule has 170 valence electrons. The number of nitrogens with one attached hydrogen (secondary N) is 1. The van der Waals surface area contributed by atoms with Crippen molar-refractivity contribution in [3.63, 3.8) is 0 Å². The van der Waals surface area contributed by atoms with E-state index in [-0.39, 0.29) is 12.0 Å². The summed E-state index contributed by atoms with van der Waals surface area (Å²) in [7, 11) is 3.30. The third-order valence-corrected chi connectivity index (χ3v) is 6.28. The molecule has 1 aromatic rings. The summed E-state index contributed by atoms with van der Waals surface area (Å²) >= 11 is 0. The molecule has 1 aromatic carbocycles. The van der Waals surface area contributed by atoms with Crippen molar-refractivity contribution in [3.05, 3.63) is 40.1 Å². The number of unbranched alkanes of at least 4 members (excludes halogenated alkanes) is 1. The maximum Gasteiger partial charge on any atom is 0.414 e. The third kappa shape index (κ3) is 4.79. The second-order valence-electron chi connectivity index (χ2n) is 9.22. The average Bonchev–Trinajstić information content (AvgIpc) is 2.92. The van der Waals surface area contributed by atoms with E-state index < -0.39 is 11.6 Å². The van der Waals surface area contributed by atoms with Crippen LogP contribution in [0.15, 0.2) is 17.9 Å². The van der Waals surface area contributed by atoms with E-state index in [9.17, 15) is 9.59 Å². The monoisotopic (exact) mass is 428 g/mol. The molecule has 0 aromatic heterocycles. The maximum atomic E-state index is 13.4. The summed E-state index contributed by atoms with van der Waals surface area (Å²) in [6, 6.07) is 4.13. The SMILES string of the molecule is CCCCOC1CCCC2(C1)NC(=O)C(c1c(C)cc(C)cc1C)=C2OC(=O)N(C)C. The van der Waals surface area contributed by atoms with Crippen LogP contribution in [0, 0.1) is 20.8 Å². The van der Waals surface area contributed by atoms with Gasteiger partial charge in [0.2, 0.25) is 0 Å². The summed E-state index contributed by atoms with van der Waals surface area (Å²) in [6.45, 7) is 8.90. The topological polar surface area (TPSA) is 67.9 Å². The zero-order chi connectivity index (χ0) is 22.8. The Balaban J connectivity index is 2.08. The number of ether oxygens (including phenoxy) is 2. The normalized spacial score (nSPS) is 23.3. The summed E-state index contributed by atoms with van der Waals surface area (Å²) in [5, 5.41) is 3.21. The first-order chi connectivity index (χ1) is 14.7. The van der Waals surface area contributed by atoms with Gasteiger partial charge in [-0.05, 0) is 63.1 Å². The largest absolute Gasteiger partial charge is 0.414 e. The van der Waals surface area contributed by atoms with Crippen LogP contribution in [0.25, 0.3) is 5.57 Å². The molecule has 1 N–H and O–H groups in total. The molecule has 1 fully saturated rings. The molecule has 6 heteroatoms. The van der Waals surface area contributed by atoms with Crippen LogP contribution in [0.3, 0.4) is 0 Å². The lowest BCUT2D eigenvalue weighted by atomic mass is 9.78. The minimum absolute atomic E-state index is 0.0354. The second kappa shape index (κ2) is 9.43. The van der Waals surface area contributed by atoms with Crippen LogP contribution in [-0.4, -0.2) is 49.2 Å². The van der Waals surface area contributed by atoms with Crippen molar-refractivity contribution in [1.29, 1.82) is 0 Å². The Bertz CT molecular complexity index is 867. The van der Waals surface area contributed by atoms with Gasteiger partial charge in [-0.25, -0.2) is 4.79 Å². The average molecular weight is 429 g/mol. The van der Waals surface area contributed by atoms with Crippen LogP contribution in [0.2, 0.25) is 0 Å². The number of hydrogen-bond acceptors (Lipinski definition) is 4. The number of rotatable bonds is 6. The van der Waals surface area contributed by atoms with Crippen molar-refractivity contribution in [1.82, 2.24) is 10.2 Å². The van der Waals surface area contributed by atoms with Gasteiger partial charge in [0.15, 0.2) is 0 Å². The Kier molecular flexibility index (Phi) is 7.10. The number of hydrogen-bond donors (Lipinski definition) is 1. The van der Waals surface area contributed by atoms with Crippen LogP contribution in [0.1, 0.15) is 67.7 Å². The highest BCUT2D eigenvalue weighted by Crippen LogP contribution is 2.45. The lowest BCUT2D eigenvalue weighted by Gasteiger charge is -2.39. The van der Waals surface area contributed by atoms with Crippen molar-refractivity contribution < 1.29 is 19.1 Å². The van der Waals surface area contributed by atoms with Gasteiger partial charge in [-0.15, -0.1) is 0 Å². The fourth-order valence-corrected chi connectivity index (χ4v) is 4.89. The maximum absolute atomic E-state index is 13.4. The van der Waals surface area contributed by atoms with Crippen LogP contribution >= 0.6 is 0 Å². The molecule has 1 saturated carbocycles. The molecule has 6 nitrogen and oxygen atoms in total. The predicted molar refractivity (Wildman–Crippen MR) is 122 cm³/mol. The first kappa shape index (κ1) is 23.3.